The number of rotatable bonds is 4. The third kappa shape index (κ3) is 3.32. The van der Waals surface area contributed by atoms with Crippen molar-refractivity contribution in [1.29, 1.82) is 0 Å². The fourth-order valence-corrected chi connectivity index (χ4v) is 3.33. The summed E-state index contributed by atoms with van der Waals surface area (Å²) in [6, 6.07) is 21.6. The summed E-state index contributed by atoms with van der Waals surface area (Å²) in [6.07, 6.45) is 4.60. The minimum Gasteiger partial charge on any atom is -0.465 e. The molecule has 0 bridgehead atoms. The van der Waals surface area contributed by atoms with Gasteiger partial charge in [0.05, 0.1) is 12.7 Å². The molecule has 0 N–H and O–H groups in total. The Labute approximate surface area is 164 Å². The summed E-state index contributed by atoms with van der Waals surface area (Å²) in [6.45, 7) is 4.31. The maximum absolute atomic E-state index is 11.6. The van der Waals surface area contributed by atoms with Crippen LogP contribution in [0.2, 0.25) is 0 Å². The highest BCUT2D eigenvalue weighted by molar-refractivity contribution is 5.91. The Hall–Kier alpha value is -3.66. The third-order valence-corrected chi connectivity index (χ3v) is 4.82. The molecule has 138 valence electrons. The first-order valence-electron chi connectivity index (χ1n) is 9.04. The van der Waals surface area contributed by atoms with E-state index in [0.29, 0.717) is 12.0 Å². The molecule has 2 aromatic carbocycles. The highest BCUT2D eigenvalue weighted by Gasteiger charge is 2.23. The SMILES string of the molecule is C=C1C(Cc2ccc(C(=O)OC)cc2)=CN(c2ccccc2)c2ncccc21. The number of allylic oxidation sites excluding steroid dienone is 2. The number of esters is 1. The van der Waals surface area contributed by atoms with E-state index < -0.39 is 0 Å². The predicted molar refractivity (Wildman–Crippen MR) is 111 cm³/mol. The first-order valence-corrected chi connectivity index (χ1v) is 9.04. The van der Waals surface area contributed by atoms with Gasteiger partial charge in [0.1, 0.15) is 5.82 Å². The lowest BCUT2D eigenvalue weighted by atomic mass is 9.92. The lowest BCUT2D eigenvalue weighted by molar-refractivity contribution is 0.0600. The van der Waals surface area contributed by atoms with Crippen LogP contribution in [0.15, 0.2) is 91.3 Å². The molecule has 0 spiro atoms. The summed E-state index contributed by atoms with van der Waals surface area (Å²) < 4.78 is 4.77. The smallest absolute Gasteiger partial charge is 0.337 e. The van der Waals surface area contributed by atoms with Gasteiger partial charge < -0.3 is 9.64 Å². The molecule has 4 rings (SSSR count). The number of para-hydroxylation sites is 1. The van der Waals surface area contributed by atoms with Crippen LogP contribution in [0.3, 0.4) is 0 Å². The van der Waals surface area contributed by atoms with Gasteiger partial charge in [-0.2, -0.15) is 0 Å². The van der Waals surface area contributed by atoms with Crippen LogP contribution in [-0.2, 0) is 11.2 Å². The molecule has 0 atom stereocenters. The van der Waals surface area contributed by atoms with Crippen LogP contribution in [-0.4, -0.2) is 18.1 Å². The number of benzene rings is 2. The average Bonchev–Trinajstić information content (AvgIpc) is 2.76. The second kappa shape index (κ2) is 7.53. The number of pyridine rings is 1. The van der Waals surface area contributed by atoms with Crippen molar-refractivity contribution in [3.63, 3.8) is 0 Å². The number of methoxy groups -OCH3 is 1. The molecule has 0 saturated heterocycles. The lowest BCUT2D eigenvalue weighted by Gasteiger charge is -2.29. The average molecular weight is 368 g/mol. The van der Waals surface area contributed by atoms with Gasteiger partial charge in [0.25, 0.3) is 0 Å². The largest absolute Gasteiger partial charge is 0.465 e. The maximum atomic E-state index is 11.6. The number of carbonyl (C=O) groups is 1. The van der Waals surface area contributed by atoms with Crippen molar-refractivity contribution in [3.05, 3.63) is 108 Å². The zero-order valence-corrected chi connectivity index (χ0v) is 15.6. The molecule has 0 aliphatic carbocycles. The Morgan fingerprint density at radius 1 is 1.04 bits per heavy atom. The van der Waals surface area contributed by atoms with E-state index in [2.05, 4.69) is 34.8 Å². The molecule has 0 unspecified atom stereocenters. The summed E-state index contributed by atoms with van der Waals surface area (Å²) in [5.41, 5.74) is 5.79. The van der Waals surface area contributed by atoms with E-state index in [1.807, 2.05) is 42.5 Å². The number of anilines is 2. The van der Waals surface area contributed by atoms with Crippen LogP contribution in [0.5, 0.6) is 0 Å². The fraction of sp³-hybridized carbons (Fsp3) is 0.0833. The highest BCUT2D eigenvalue weighted by atomic mass is 16.5. The Bertz CT molecular complexity index is 1050. The van der Waals surface area contributed by atoms with E-state index in [-0.39, 0.29) is 5.97 Å². The molecular weight excluding hydrogens is 348 g/mol. The van der Waals surface area contributed by atoms with Gasteiger partial charge in [0.2, 0.25) is 0 Å². The van der Waals surface area contributed by atoms with E-state index in [0.717, 1.165) is 33.8 Å². The Morgan fingerprint density at radius 3 is 2.50 bits per heavy atom. The van der Waals surface area contributed by atoms with Crippen molar-refractivity contribution in [3.8, 4) is 0 Å². The number of nitrogens with zero attached hydrogens (tertiary/aromatic N) is 2. The third-order valence-electron chi connectivity index (χ3n) is 4.82. The molecule has 0 fully saturated rings. The quantitative estimate of drug-likeness (QED) is 0.597. The molecule has 1 aliphatic rings. The van der Waals surface area contributed by atoms with Gasteiger partial charge in [-0.05, 0) is 59.5 Å². The number of ether oxygens (including phenoxy) is 1. The molecule has 28 heavy (non-hydrogen) atoms. The molecule has 0 amide bonds. The molecule has 1 aromatic heterocycles. The predicted octanol–water partition coefficient (Wildman–Crippen LogP) is 5.16. The number of aromatic nitrogens is 1. The molecule has 0 saturated carbocycles. The number of fused-ring (bicyclic) bond motifs is 1. The van der Waals surface area contributed by atoms with Crippen LogP contribution >= 0.6 is 0 Å². The highest BCUT2D eigenvalue weighted by Crippen LogP contribution is 2.39. The topological polar surface area (TPSA) is 42.4 Å². The summed E-state index contributed by atoms with van der Waals surface area (Å²) in [7, 11) is 1.39. The van der Waals surface area contributed by atoms with Crippen LogP contribution in [0.4, 0.5) is 11.5 Å². The van der Waals surface area contributed by atoms with Crippen molar-refractivity contribution >= 4 is 23.0 Å². The zero-order chi connectivity index (χ0) is 19.5. The number of hydrogen-bond acceptors (Lipinski definition) is 4. The van der Waals surface area contributed by atoms with Gasteiger partial charge in [-0.3, -0.25) is 0 Å². The van der Waals surface area contributed by atoms with Crippen molar-refractivity contribution in [2.45, 2.75) is 6.42 Å². The van der Waals surface area contributed by atoms with Crippen molar-refractivity contribution in [2.75, 3.05) is 12.0 Å². The zero-order valence-electron chi connectivity index (χ0n) is 15.6. The Balaban J connectivity index is 1.69. The van der Waals surface area contributed by atoms with E-state index in [1.54, 1.807) is 18.3 Å². The van der Waals surface area contributed by atoms with Crippen LogP contribution in [0.1, 0.15) is 21.5 Å². The van der Waals surface area contributed by atoms with Gasteiger partial charge >= 0.3 is 5.97 Å². The first kappa shape index (κ1) is 17.7. The standard InChI is InChI=1S/C24H20N2O2/c1-17-20(15-18-10-12-19(13-11-18)24(27)28-2)16-26(21-7-4-3-5-8-21)23-22(17)9-6-14-25-23/h3-14,16H,1,15H2,2H3. The summed E-state index contributed by atoms with van der Waals surface area (Å²) in [4.78, 5) is 18.3. The van der Waals surface area contributed by atoms with Gasteiger partial charge in [-0.1, -0.05) is 36.9 Å². The van der Waals surface area contributed by atoms with Crippen LogP contribution in [0, 0.1) is 0 Å². The van der Waals surface area contributed by atoms with Crippen LogP contribution in [0.25, 0.3) is 5.57 Å². The number of carbonyl (C=O) groups excluding carboxylic acids is 1. The van der Waals surface area contributed by atoms with Crippen molar-refractivity contribution in [2.24, 2.45) is 0 Å². The Morgan fingerprint density at radius 2 is 1.79 bits per heavy atom. The summed E-state index contributed by atoms with van der Waals surface area (Å²) >= 11 is 0. The van der Waals surface area contributed by atoms with E-state index in [9.17, 15) is 4.79 Å². The minimum absolute atomic E-state index is 0.330. The second-order valence-corrected chi connectivity index (χ2v) is 6.58. The van der Waals surface area contributed by atoms with Crippen molar-refractivity contribution in [1.82, 2.24) is 4.98 Å². The molecule has 1 aliphatic heterocycles. The van der Waals surface area contributed by atoms with E-state index in [1.165, 1.54) is 7.11 Å². The van der Waals surface area contributed by atoms with E-state index >= 15 is 0 Å². The van der Waals surface area contributed by atoms with Gasteiger partial charge in [-0.15, -0.1) is 0 Å². The summed E-state index contributed by atoms with van der Waals surface area (Å²) in [5, 5.41) is 0. The van der Waals surface area contributed by atoms with Crippen molar-refractivity contribution < 1.29 is 9.53 Å². The first-order chi connectivity index (χ1) is 13.7. The second-order valence-electron chi connectivity index (χ2n) is 6.58. The van der Waals surface area contributed by atoms with Gasteiger partial charge in [0.15, 0.2) is 0 Å². The van der Waals surface area contributed by atoms with Crippen LogP contribution < -0.4 is 4.90 Å². The van der Waals surface area contributed by atoms with E-state index in [4.69, 9.17) is 4.74 Å². The molecule has 3 aromatic rings. The lowest BCUT2D eigenvalue weighted by Crippen LogP contribution is -2.18. The Kier molecular flexibility index (Phi) is 4.77. The maximum Gasteiger partial charge on any atom is 0.337 e. The molecule has 4 heteroatoms. The molecule has 2 heterocycles. The number of hydrogen-bond donors (Lipinski definition) is 0. The normalized spacial score (nSPS) is 13.0. The molecule has 0 radical (unpaired) electrons. The molecule has 4 nitrogen and oxygen atoms in total. The monoisotopic (exact) mass is 368 g/mol. The fourth-order valence-electron chi connectivity index (χ4n) is 3.33. The minimum atomic E-state index is -0.330. The molecular formula is C24H20N2O2. The summed E-state index contributed by atoms with van der Waals surface area (Å²) in [5.74, 6) is 0.548. The van der Waals surface area contributed by atoms with Gasteiger partial charge in [0, 0.05) is 23.6 Å². The van der Waals surface area contributed by atoms with Gasteiger partial charge in [-0.25, -0.2) is 9.78 Å².